The maximum Gasteiger partial charge on any atom is 0.306 e. The lowest BCUT2D eigenvalue weighted by Crippen LogP contribution is -1.93. The molecule has 1 aromatic carbocycles. The number of nitro groups is 1. The molecule has 0 N–H and O–H groups in total. The van der Waals surface area contributed by atoms with Crippen molar-refractivity contribution in [2.24, 2.45) is 0 Å². The summed E-state index contributed by atoms with van der Waals surface area (Å²) in [6.07, 6.45) is 0. The van der Waals surface area contributed by atoms with Crippen molar-refractivity contribution in [3.05, 3.63) is 38.1 Å². The lowest BCUT2D eigenvalue weighted by molar-refractivity contribution is -0.387. The van der Waals surface area contributed by atoms with Crippen LogP contribution >= 0.6 is 15.9 Å². The molecule has 1 rings (SSSR count). The normalized spacial score (nSPS) is 9.92. The molecule has 5 heteroatoms. The minimum Gasteiger partial charge on any atom is -0.258 e. The topological polar surface area (TPSA) is 43.1 Å². The Bertz CT molecular complexity index is 340. The molecule has 0 aromatic heterocycles. The second-order valence-electron chi connectivity index (χ2n) is 2.34. The summed E-state index contributed by atoms with van der Waals surface area (Å²) in [6, 6.07) is 2.68. The van der Waals surface area contributed by atoms with Gasteiger partial charge >= 0.3 is 5.69 Å². The molecule has 0 aliphatic rings. The fourth-order valence-corrected chi connectivity index (χ4v) is 1.40. The molecule has 0 aliphatic heterocycles. The van der Waals surface area contributed by atoms with Gasteiger partial charge in [0.2, 0.25) is 5.82 Å². The second kappa shape index (κ2) is 3.18. The molecule has 0 heterocycles. The van der Waals surface area contributed by atoms with E-state index >= 15 is 0 Å². The average molecular weight is 234 g/mol. The van der Waals surface area contributed by atoms with E-state index in [4.69, 9.17) is 0 Å². The first-order valence-electron chi connectivity index (χ1n) is 3.12. The second-order valence-corrected chi connectivity index (χ2v) is 3.19. The average Bonchev–Trinajstić information content (AvgIpc) is 1.96. The molecule has 12 heavy (non-hydrogen) atoms. The fourth-order valence-electron chi connectivity index (χ4n) is 0.839. The Morgan fingerprint density at radius 1 is 1.58 bits per heavy atom. The SMILES string of the molecule is Cc1cc(Br)c(F)c([N+](=O)[O-])c1. The minimum atomic E-state index is -0.828. The monoisotopic (exact) mass is 233 g/mol. The number of hydrogen-bond donors (Lipinski definition) is 0. The minimum absolute atomic E-state index is 0.120. The lowest BCUT2D eigenvalue weighted by Gasteiger charge is -1.97. The van der Waals surface area contributed by atoms with Crippen LogP contribution < -0.4 is 0 Å². The molecular weight excluding hydrogens is 229 g/mol. The van der Waals surface area contributed by atoms with Crippen LogP contribution in [-0.2, 0) is 0 Å². The third-order valence-electron chi connectivity index (χ3n) is 1.35. The van der Waals surface area contributed by atoms with Gasteiger partial charge in [0.1, 0.15) is 0 Å². The Morgan fingerprint density at radius 3 is 2.67 bits per heavy atom. The Morgan fingerprint density at radius 2 is 2.17 bits per heavy atom. The molecule has 0 saturated heterocycles. The highest BCUT2D eigenvalue weighted by Crippen LogP contribution is 2.26. The van der Waals surface area contributed by atoms with Crippen molar-refractivity contribution in [3.8, 4) is 0 Å². The van der Waals surface area contributed by atoms with Gasteiger partial charge in [-0.25, -0.2) is 0 Å². The zero-order valence-corrected chi connectivity index (χ0v) is 7.76. The summed E-state index contributed by atoms with van der Waals surface area (Å²) >= 11 is 2.89. The van der Waals surface area contributed by atoms with Gasteiger partial charge < -0.3 is 0 Å². The Balaban J connectivity index is 3.37. The highest BCUT2D eigenvalue weighted by atomic mass is 79.9. The standard InChI is InChI=1S/C7H5BrFNO2/c1-4-2-5(8)7(9)6(3-4)10(11)12/h2-3H,1H3. The van der Waals surface area contributed by atoms with Crippen molar-refractivity contribution in [1.29, 1.82) is 0 Å². The molecule has 0 aliphatic carbocycles. The van der Waals surface area contributed by atoms with Crippen LogP contribution in [0.2, 0.25) is 0 Å². The van der Waals surface area contributed by atoms with Crippen molar-refractivity contribution in [2.45, 2.75) is 6.92 Å². The van der Waals surface area contributed by atoms with E-state index in [0.717, 1.165) is 0 Å². The molecule has 0 radical (unpaired) electrons. The Kier molecular flexibility index (Phi) is 2.42. The van der Waals surface area contributed by atoms with Crippen LogP contribution in [0.3, 0.4) is 0 Å². The van der Waals surface area contributed by atoms with Gasteiger partial charge in [-0.1, -0.05) is 0 Å². The van der Waals surface area contributed by atoms with Crippen molar-refractivity contribution in [3.63, 3.8) is 0 Å². The van der Waals surface area contributed by atoms with Crippen LogP contribution in [0.25, 0.3) is 0 Å². The van der Waals surface area contributed by atoms with Crippen LogP contribution in [0.1, 0.15) is 5.56 Å². The summed E-state index contributed by atoms with van der Waals surface area (Å²) in [6.45, 7) is 1.66. The molecule has 0 saturated carbocycles. The van der Waals surface area contributed by atoms with Gasteiger partial charge in [-0.05, 0) is 34.5 Å². The summed E-state index contributed by atoms with van der Waals surface area (Å²) in [5, 5.41) is 10.3. The molecule has 0 bridgehead atoms. The lowest BCUT2D eigenvalue weighted by atomic mass is 10.2. The van der Waals surface area contributed by atoms with Crippen LogP contribution in [0.5, 0.6) is 0 Å². The van der Waals surface area contributed by atoms with Crippen molar-refractivity contribution >= 4 is 21.6 Å². The van der Waals surface area contributed by atoms with Crippen molar-refractivity contribution in [2.75, 3.05) is 0 Å². The number of rotatable bonds is 1. The van der Waals surface area contributed by atoms with Crippen LogP contribution in [0.15, 0.2) is 16.6 Å². The predicted molar refractivity (Wildman–Crippen MR) is 45.5 cm³/mol. The Labute approximate surface area is 76.5 Å². The smallest absolute Gasteiger partial charge is 0.258 e. The van der Waals surface area contributed by atoms with Gasteiger partial charge in [0.25, 0.3) is 0 Å². The van der Waals surface area contributed by atoms with E-state index in [1.54, 1.807) is 6.92 Å². The zero-order valence-electron chi connectivity index (χ0n) is 6.17. The van der Waals surface area contributed by atoms with E-state index < -0.39 is 16.4 Å². The van der Waals surface area contributed by atoms with E-state index in [1.165, 1.54) is 12.1 Å². The van der Waals surface area contributed by atoms with E-state index in [2.05, 4.69) is 15.9 Å². The third-order valence-corrected chi connectivity index (χ3v) is 1.93. The number of nitro benzene ring substituents is 1. The number of benzene rings is 1. The van der Waals surface area contributed by atoms with E-state index in [-0.39, 0.29) is 4.47 Å². The zero-order chi connectivity index (χ0) is 9.30. The van der Waals surface area contributed by atoms with Gasteiger partial charge in [-0.15, -0.1) is 0 Å². The largest absolute Gasteiger partial charge is 0.306 e. The number of halogens is 2. The highest BCUT2D eigenvalue weighted by Gasteiger charge is 2.16. The third kappa shape index (κ3) is 1.61. The molecule has 0 unspecified atom stereocenters. The van der Waals surface area contributed by atoms with E-state index in [1.807, 2.05) is 0 Å². The molecule has 64 valence electrons. The summed E-state index contributed by atoms with van der Waals surface area (Å²) in [7, 11) is 0. The summed E-state index contributed by atoms with van der Waals surface area (Å²) in [5.41, 5.74) is 0.150. The first-order chi connectivity index (χ1) is 5.52. The van der Waals surface area contributed by atoms with Gasteiger partial charge in [0, 0.05) is 6.07 Å². The number of aryl methyl sites for hydroxylation is 1. The van der Waals surface area contributed by atoms with Crippen LogP contribution in [0.4, 0.5) is 10.1 Å². The Hall–Kier alpha value is -0.970. The van der Waals surface area contributed by atoms with Crippen molar-refractivity contribution in [1.82, 2.24) is 0 Å². The van der Waals surface area contributed by atoms with Gasteiger partial charge in [0.15, 0.2) is 0 Å². The van der Waals surface area contributed by atoms with Crippen molar-refractivity contribution < 1.29 is 9.31 Å². The summed E-state index contributed by atoms with van der Waals surface area (Å²) in [4.78, 5) is 9.53. The first-order valence-corrected chi connectivity index (χ1v) is 3.91. The highest BCUT2D eigenvalue weighted by molar-refractivity contribution is 9.10. The van der Waals surface area contributed by atoms with Gasteiger partial charge in [-0.3, -0.25) is 10.1 Å². The maximum atomic E-state index is 12.9. The van der Waals surface area contributed by atoms with Gasteiger partial charge in [-0.2, -0.15) is 4.39 Å². The summed E-state index contributed by atoms with van der Waals surface area (Å²) < 4.78 is 13.1. The molecule has 0 amide bonds. The predicted octanol–water partition coefficient (Wildman–Crippen LogP) is 2.80. The fraction of sp³-hybridized carbons (Fsp3) is 0.143. The maximum absolute atomic E-state index is 12.9. The number of nitrogens with zero attached hydrogens (tertiary/aromatic N) is 1. The quantitative estimate of drug-likeness (QED) is 0.553. The van der Waals surface area contributed by atoms with Crippen LogP contribution in [0, 0.1) is 22.9 Å². The first kappa shape index (κ1) is 9.12. The molecule has 0 spiro atoms. The molecule has 0 atom stereocenters. The molecular formula is C7H5BrFNO2. The van der Waals surface area contributed by atoms with Gasteiger partial charge in [0.05, 0.1) is 9.40 Å². The number of hydrogen-bond acceptors (Lipinski definition) is 2. The van der Waals surface area contributed by atoms with Crippen LogP contribution in [-0.4, -0.2) is 4.92 Å². The molecule has 0 fully saturated rings. The molecule has 3 nitrogen and oxygen atoms in total. The van der Waals surface area contributed by atoms with E-state index in [0.29, 0.717) is 5.56 Å². The summed E-state index contributed by atoms with van der Waals surface area (Å²) in [5.74, 6) is -0.828. The molecule has 1 aromatic rings. The van der Waals surface area contributed by atoms with E-state index in [9.17, 15) is 14.5 Å².